The van der Waals surface area contributed by atoms with Crippen LogP contribution in [0, 0.1) is 0 Å². The van der Waals surface area contributed by atoms with E-state index in [9.17, 15) is 9.59 Å². The summed E-state index contributed by atoms with van der Waals surface area (Å²) in [6.45, 7) is 0.541. The Labute approximate surface area is 93.6 Å². The van der Waals surface area contributed by atoms with Gasteiger partial charge < -0.3 is 9.84 Å². The van der Waals surface area contributed by atoms with Gasteiger partial charge in [0, 0.05) is 17.8 Å². The summed E-state index contributed by atoms with van der Waals surface area (Å²) in [6.07, 6.45) is 3.72. The summed E-state index contributed by atoms with van der Waals surface area (Å²) in [6, 6.07) is 0. The molecule has 0 bridgehead atoms. The Morgan fingerprint density at radius 2 is 2.19 bits per heavy atom. The first-order chi connectivity index (χ1) is 7.74. The Kier molecular flexibility index (Phi) is 3.19. The lowest BCUT2D eigenvalue weighted by Crippen LogP contribution is -2.24. The molecule has 1 aliphatic carbocycles. The molecule has 0 fully saturated rings. The molecule has 0 saturated carbocycles. The van der Waals surface area contributed by atoms with Gasteiger partial charge in [0.1, 0.15) is 0 Å². The maximum absolute atomic E-state index is 12.0. The number of rotatable bonds is 3. The number of aliphatic hydroxyl groups excluding tert-OH is 1. The van der Waals surface area contributed by atoms with Crippen molar-refractivity contribution in [3.05, 3.63) is 23.0 Å². The van der Waals surface area contributed by atoms with Gasteiger partial charge in [-0.15, -0.1) is 0 Å². The fourth-order valence-electron chi connectivity index (χ4n) is 2.00. The predicted octanol–water partition coefficient (Wildman–Crippen LogP) is 0.902. The molecule has 1 aliphatic heterocycles. The van der Waals surface area contributed by atoms with Gasteiger partial charge in [-0.05, 0) is 31.8 Å². The maximum atomic E-state index is 12.0. The molecule has 0 amide bonds. The molecule has 0 unspecified atom stereocenters. The standard InChI is InChI=1S/C12H14O4/c13-5-1-3-8-7-10(14)12-9(11(8)15)4-2-6-16-12/h7,13H,1-6H2. The smallest absolute Gasteiger partial charge is 0.221 e. The van der Waals surface area contributed by atoms with Crippen LogP contribution < -0.4 is 0 Å². The van der Waals surface area contributed by atoms with Gasteiger partial charge in [-0.25, -0.2) is 0 Å². The molecular formula is C12H14O4. The van der Waals surface area contributed by atoms with E-state index in [4.69, 9.17) is 9.84 Å². The lowest BCUT2D eigenvalue weighted by atomic mass is 9.88. The molecule has 16 heavy (non-hydrogen) atoms. The van der Waals surface area contributed by atoms with Crippen molar-refractivity contribution in [2.45, 2.75) is 25.7 Å². The number of ketones is 2. The Morgan fingerprint density at radius 3 is 2.94 bits per heavy atom. The zero-order valence-corrected chi connectivity index (χ0v) is 8.99. The molecule has 0 aromatic rings. The molecule has 86 valence electrons. The molecule has 1 N–H and O–H groups in total. The van der Waals surface area contributed by atoms with Crippen LogP contribution in [0.25, 0.3) is 0 Å². The Hall–Kier alpha value is -1.42. The zero-order valence-electron chi connectivity index (χ0n) is 8.99. The topological polar surface area (TPSA) is 63.6 Å². The van der Waals surface area contributed by atoms with Crippen molar-refractivity contribution in [3.63, 3.8) is 0 Å². The Morgan fingerprint density at radius 1 is 1.38 bits per heavy atom. The van der Waals surface area contributed by atoms with Crippen molar-refractivity contribution >= 4 is 11.6 Å². The van der Waals surface area contributed by atoms with Crippen LogP contribution in [0.4, 0.5) is 0 Å². The van der Waals surface area contributed by atoms with Crippen molar-refractivity contribution in [1.29, 1.82) is 0 Å². The van der Waals surface area contributed by atoms with Crippen LogP contribution in [0.5, 0.6) is 0 Å². The summed E-state index contributed by atoms with van der Waals surface area (Å²) in [5, 5.41) is 8.72. The normalized spacial score (nSPS) is 20.4. The lowest BCUT2D eigenvalue weighted by molar-refractivity contribution is -0.119. The van der Waals surface area contributed by atoms with E-state index in [1.807, 2.05) is 0 Å². The zero-order chi connectivity index (χ0) is 11.5. The van der Waals surface area contributed by atoms with Crippen LogP contribution in [-0.2, 0) is 14.3 Å². The lowest BCUT2D eigenvalue weighted by Gasteiger charge is -2.23. The van der Waals surface area contributed by atoms with E-state index in [-0.39, 0.29) is 23.9 Å². The Bertz CT molecular complexity index is 390. The fourth-order valence-corrected chi connectivity index (χ4v) is 2.00. The SMILES string of the molecule is O=C1C=C(CCCO)C(=O)C2=C1OCCC2. The average molecular weight is 222 g/mol. The van der Waals surface area contributed by atoms with E-state index in [1.54, 1.807) is 0 Å². The molecule has 2 aliphatic rings. The summed E-state index contributed by atoms with van der Waals surface area (Å²) in [4.78, 5) is 23.6. The second kappa shape index (κ2) is 4.61. The average Bonchev–Trinajstić information content (AvgIpc) is 2.32. The van der Waals surface area contributed by atoms with Gasteiger partial charge in [0.25, 0.3) is 0 Å². The molecular weight excluding hydrogens is 208 g/mol. The molecule has 1 heterocycles. The molecule has 2 rings (SSSR count). The number of ether oxygens (including phenoxy) is 1. The van der Waals surface area contributed by atoms with Crippen molar-refractivity contribution in [1.82, 2.24) is 0 Å². The number of aliphatic hydroxyl groups is 1. The van der Waals surface area contributed by atoms with Crippen LogP contribution in [-0.4, -0.2) is 29.9 Å². The quantitative estimate of drug-likeness (QED) is 0.721. The van der Waals surface area contributed by atoms with E-state index in [2.05, 4.69) is 0 Å². The summed E-state index contributed by atoms with van der Waals surface area (Å²) in [5.41, 5.74) is 1.02. The van der Waals surface area contributed by atoms with Crippen LogP contribution in [0.3, 0.4) is 0 Å². The highest BCUT2D eigenvalue weighted by Crippen LogP contribution is 2.29. The van der Waals surface area contributed by atoms with Crippen LogP contribution in [0.2, 0.25) is 0 Å². The molecule has 4 heteroatoms. The molecule has 4 nitrogen and oxygen atoms in total. The largest absolute Gasteiger partial charge is 0.489 e. The van der Waals surface area contributed by atoms with Gasteiger partial charge in [0.15, 0.2) is 11.5 Å². The Balaban J connectivity index is 2.22. The van der Waals surface area contributed by atoms with Crippen LogP contribution in [0.1, 0.15) is 25.7 Å². The molecule has 0 aromatic heterocycles. The van der Waals surface area contributed by atoms with Crippen molar-refractivity contribution in [2.75, 3.05) is 13.2 Å². The van der Waals surface area contributed by atoms with E-state index in [0.717, 1.165) is 6.42 Å². The minimum absolute atomic E-state index is 0.0290. The maximum Gasteiger partial charge on any atom is 0.221 e. The van der Waals surface area contributed by atoms with Crippen LogP contribution in [0.15, 0.2) is 23.0 Å². The minimum Gasteiger partial charge on any atom is -0.489 e. The van der Waals surface area contributed by atoms with Crippen molar-refractivity contribution in [3.8, 4) is 0 Å². The monoisotopic (exact) mass is 222 g/mol. The second-order valence-corrected chi connectivity index (χ2v) is 3.95. The number of hydrogen-bond donors (Lipinski definition) is 1. The third-order valence-corrected chi connectivity index (χ3v) is 2.79. The number of carbonyl (C=O) groups excluding carboxylic acids is 2. The highest BCUT2D eigenvalue weighted by molar-refractivity contribution is 6.22. The number of Topliss-reactive ketones (excluding diaryl/α,β-unsaturated/α-hetero) is 1. The van der Waals surface area contributed by atoms with E-state index in [1.165, 1.54) is 6.08 Å². The van der Waals surface area contributed by atoms with Crippen molar-refractivity contribution in [2.24, 2.45) is 0 Å². The highest BCUT2D eigenvalue weighted by atomic mass is 16.5. The molecule has 0 aromatic carbocycles. The number of hydrogen-bond acceptors (Lipinski definition) is 4. The third kappa shape index (κ3) is 1.93. The predicted molar refractivity (Wildman–Crippen MR) is 56.6 cm³/mol. The highest BCUT2D eigenvalue weighted by Gasteiger charge is 2.30. The second-order valence-electron chi connectivity index (χ2n) is 3.95. The third-order valence-electron chi connectivity index (χ3n) is 2.79. The molecule has 0 atom stereocenters. The summed E-state index contributed by atoms with van der Waals surface area (Å²) >= 11 is 0. The van der Waals surface area contributed by atoms with E-state index < -0.39 is 0 Å². The molecule has 0 radical (unpaired) electrons. The number of allylic oxidation sites excluding steroid dienone is 3. The summed E-state index contributed by atoms with van der Waals surface area (Å²) < 4.78 is 5.23. The van der Waals surface area contributed by atoms with Gasteiger partial charge in [0.2, 0.25) is 5.78 Å². The molecule has 0 saturated heterocycles. The minimum atomic E-state index is -0.206. The van der Waals surface area contributed by atoms with Gasteiger partial charge in [0.05, 0.1) is 6.61 Å². The van der Waals surface area contributed by atoms with Crippen molar-refractivity contribution < 1.29 is 19.4 Å². The van der Waals surface area contributed by atoms with Gasteiger partial charge in [-0.2, -0.15) is 0 Å². The first-order valence-electron chi connectivity index (χ1n) is 5.50. The van der Waals surface area contributed by atoms with Gasteiger partial charge >= 0.3 is 0 Å². The van der Waals surface area contributed by atoms with Crippen LogP contribution >= 0.6 is 0 Å². The van der Waals surface area contributed by atoms with Gasteiger partial charge in [-0.1, -0.05) is 0 Å². The summed E-state index contributed by atoms with van der Waals surface area (Å²) in [7, 11) is 0. The van der Waals surface area contributed by atoms with Gasteiger partial charge in [-0.3, -0.25) is 9.59 Å². The van der Waals surface area contributed by atoms with E-state index in [0.29, 0.717) is 37.0 Å². The number of carbonyl (C=O) groups is 2. The van der Waals surface area contributed by atoms with E-state index >= 15 is 0 Å². The first kappa shape index (κ1) is 11.1. The fraction of sp³-hybridized carbons (Fsp3) is 0.500. The molecule has 0 spiro atoms. The first-order valence-corrected chi connectivity index (χ1v) is 5.50. The summed E-state index contributed by atoms with van der Waals surface area (Å²) in [5.74, 6) is -0.0472.